The van der Waals surface area contributed by atoms with Gasteiger partial charge in [0.1, 0.15) is 11.3 Å². The van der Waals surface area contributed by atoms with Crippen LogP contribution in [0.25, 0.3) is 6.08 Å². The second-order valence-corrected chi connectivity index (χ2v) is 8.10. The van der Waals surface area contributed by atoms with Crippen molar-refractivity contribution in [1.82, 2.24) is 5.32 Å². The monoisotopic (exact) mass is 490 g/mol. The van der Waals surface area contributed by atoms with E-state index in [2.05, 4.69) is 28.2 Å². The second kappa shape index (κ2) is 9.45. The number of carbonyl (C=O) groups is 3. The van der Waals surface area contributed by atoms with E-state index in [1.165, 1.54) is 12.1 Å². The minimum Gasteiger partial charge on any atom is -0.493 e. The number of hydrogen-bond donors (Lipinski definition) is 1. The number of hydrogen-bond acceptors (Lipinski definition) is 4. The Morgan fingerprint density at radius 3 is 2.63 bits per heavy atom. The third kappa shape index (κ3) is 4.74. The summed E-state index contributed by atoms with van der Waals surface area (Å²) in [6, 6.07) is 9.32. The average Bonchev–Trinajstić information content (AvgIpc) is 2.69. The summed E-state index contributed by atoms with van der Waals surface area (Å²) < 4.78 is 6.56. The molecule has 30 heavy (non-hydrogen) atoms. The molecule has 0 saturated carbocycles. The van der Waals surface area contributed by atoms with E-state index in [4.69, 9.17) is 16.3 Å². The lowest BCUT2D eigenvalue weighted by Crippen LogP contribution is -2.54. The number of anilines is 1. The highest BCUT2D eigenvalue weighted by molar-refractivity contribution is 9.10. The number of amides is 4. The minimum absolute atomic E-state index is 0.176. The van der Waals surface area contributed by atoms with E-state index in [9.17, 15) is 14.4 Å². The number of halogens is 2. The first-order valence-electron chi connectivity index (χ1n) is 9.41. The Kier molecular flexibility index (Phi) is 6.95. The molecule has 0 atom stereocenters. The molecule has 4 amide bonds. The van der Waals surface area contributed by atoms with E-state index in [0.29, 0.717) is 22.9 Å². The molecule has 6 nitrogen and oxygen atoms in total. The lowest BCUT2D eigenvalue weighted by molar-refractivity contribution is -0.122. The van der Waals surface area contributed by atoms with Crippen LogP contribution in [0.2, 0.25) is 5.02 Å². The maximum absolute atomic E-state index is 13.1. The molecule has 0 unspecified atom stereocenters. The van der Waals surface area contributed by atoms with Crippen molar-refractivity contribution >= 4 is 57.1 Å². The molecule has 1 N–H and O–H groups in total. The lowest BCUT2D eigenvalue weighted by atomic mass is 10.1. The Morgan fingerprint density at radius 1 is 1.17 bits per heavy atom. The smallest absolute Gasteiger partial charge is 0.335 e. The Bertz CT molecular complexity index is 1050. The van der Waals surface area contributed by atoms with Crippen LogP contribution >= 0.6 is 27.5 Å². The van der Waals surface area contributed by atoms with Crippen molar-refractivity contribution in [3.8, 4) is 5.75 Å². The van der Waals surface area contributed by atoms with Crippen molar-refractivity contribution in [3.63, 3.8) is 0 Å². The van der Waals surface area contributed by atoms with Crippen LogP contribution in [0, 0.1) is 6.92 Å². The molecular formula is C22H20BrClN2O4. The quantitative estimate of drug-likeness (QED) is 0.340. The summed E-state index contributed by atoms with van der Waals surface area (Å²) in [5, 5.41) is 2.62. The van der Waals surface area contributed by atoms with Crippen molar-refractivity contribution in [2.24, 2.45) is 0 Å². The van der Waals surface area contributed by atoms with Crippen molar-refractivity contribution in [3.05, 3.63) is 62.6 Å². The predicted molar refractivity (Wildman–Crippen MR) is 120 cm³/mol. The Balaban J connectivity index is 2.00. The van der Waals surface area contributed by atoms with Crippen LogP contribution in [0.5, 0.6) is 5.75 Å². The summed E-state index contributed by atoms with van der Waals surface area (Å²) in [6.45, 7) is 4.38. The molecule has 1 saturated heterocycles. The number of rotatable bonds is 6. The highest BCUT2D eigenvalue weighted by Crippen LogP contribution is 2.29. The van der Waals surface area contributed by atoms with E-state index in [1.54, 1.807) is 24.3 Å². The number of imide groups is 2. The van der Waals surface area contributed by atoms with Crippen molar-refractivity contribution in [2.45, 2.75) is 26.7 Å². The van der Waals surface area contributed by atoms with E-state index >= 15 is 0 Å². The standard InChI is InChI=1S/C22H20BrClN2O4/c1-3-4-9-30-19-8-6-15(23)10-14(19)11-17-20(27)25-22(29)26(21(17)28)16-7-5-13(2)18(24)12-16/h5-8,10-12H,3-4,9H2,1-2H3,(H,25,27,29). The van der Waals surface area contributed by atoms with Crippen LogP contribution in [0.1, 0.15) is 30.9 Å². The zero-order valence-corrected chi connectivity index (χ0v) is 18.8. The van der Waals surface area contributed by atoms with Crippen molar-refractivity contribution in [1.29, 1.82) is 0 Å². The van der Waals surface area contributed by atoms with Gasteiger partial charge in [-0.25, -0.2) is 9.69 Å². The van der Waals surface area contributed by atoms with Gasteiger partial charge in [-0.15, -0.1) is 0 Å². The van der Waals surface area contributed by atoms with Crippen LogP contribution in [0.3, 0.4) is 0 Å². The molecule has 1 heterocycles. The van der Waals surface area contributed by atoms with Crippen LogP contribution in [-0.2, 0) is 9.59 Å². The van der Waals surface area contributed by atoms with Gasteiger partial charge in [0.05, 0.1) is 12.3 Å². The number of nitrogens with zero attached hydrogens (tertiary/aromatic N) is 1. The van der Waals surface area contributed by atoms with Crippen LogP contribution in [0.4, 0.5) is 10.5 Å². The normalized spacial score (nSPS) is 15.5. The van der Waals surface area contributed by atoms with E-state index in [0.717, 1.165) is 27.8 Å². The maximum atomic E-state index is 13.1. The Hall–Kier alpha value is -2.64. The fourth-order valence-corrected chi connectivity index (χ4v) is 3.41. The number of barbiturate groups is 1. The van der Waals surface area contributed by atoms with Gasteiger partial charge < -0.3 is 4.74 Å². The van der Waals surface area contributed by atoms with Crippen LogP contribution in [-0.4, -0.2) is 24.5 Å². The number of benzene rings is 2. The highest BCUT2D eigenvalue weighted by atomic mass is 79.9. The molecule has 1 fully saturated rings. The van der Waals surface area contributed by atoms with Gasteiger partial charge in [0.25, 0.3) is 11.8 Å². The van der Waals surface area contributed by atoms with E-state index in [1.807, 2.05) is 13.0 Å². The first kappa shape index (κ1) is 22.1. The van der Waals surface area contributed by atoms with Crippen LogP contribution < -0.4 is 15.0 Å². The molecule has 1 aliphatic rings. The largest absolute Gasteiger partial charge is 0.493 e. The summed E-state index contributed by atoms with van der Waals surface area (Å²) in [4.78, 5) is 38.8. The zero-order chi connectivity index (χ0) is 21.8. The zero-order valence-electron chi connectivity index (χ0n) is 16.5. The topological polar surface area (TPSA) is 75.7 Å². The maximum Gasteiger partial charge on any atom is 0.335 e. The van der Waals surface area contributed by atoms with Gasteiger partial charge >= 0.3 is 6.03 Å². The van der Waals surface area contributed by atoms with Gasteiger partial charge in [-0.3, -0.25) is 14.9 Å². The second-order valence-electron chi connectivity index (χ2n) is 6.78. The minimum atomic E-state index is -0.823. The molecule has 2 aromatic rings. The summed E-state index contributed by atoms with van der Waals surface area (Å²) in [5.41, 5.74) is 1.46. The number of carbonyl (C=O) groups excluding carboxylic acids is 3. The molecule has 0 bridgehead atoms. The third-order valence-corrected chi connectivity index (χ3v) is 5.44. The predicted octanol–water partition coefficient (Wildman–Crippen LogP) is 5.26. The number of urea groups is 1. The third-order valence-electron chi connectivity index (χ3n) is 4.54. The fraction of sp³-hybridized carbons (Fsp3) is 0.227. The first-order chi connectivity index (χ1) is 14.3. The van der Waals surface area contributed by atoms with Gasteiger partial charge in [-0.2, -0.15) is 0 Å². The lowest BCUT2D eigenvalue weighted by Gasteiger charge is -2.26. The van der Waals surface area contributed by atoms with Crippen molar-refractivity contribution in [2.75, 3.05) is 11.5 Å². The van der Waals surface area contributed by atoms with E-state index < -0.39 is 17.8 Å². The number of ether oxygens (including phenoxy) is 1. The molecule has 0 spiro atoms. The molecule has 0 radical (unpaired) electrons. The summed E-state index contributed by atoms with van der Waals surface area (Å²) in [7, 11) is 0. The Morgan fingerprint density at radius 2 is 1.93 bits per heavy atom. The van der Waals surface area contributed by atoms with Gasteiger partial charge in [0, 0.05) is 15.1 Å². The molecule has 2 aromatic carbocycles. The highest BCUT2D eigenvalue weighted by Gasteiger charge is 2.37. The summed E-state index contributed by atoms with van der Waals surface area (Å²) in [6.07, 6.45) is 3.28. The van der Waals surface area contributed by atoms with E-state index in [-0.39, 0.29) is 11.3 Å². The average molecular weight is 492 g/mol. The van der Waals surface area contributed by atoms with Gasteiger partial charge in [-0.05, 0) is 55.3 Å². The van der Waals surface area contributed by atoms with Crippen LogP contribution in [0.15, 0.2) is 46.4 Å². The molecule has 0 aliphatic carbocycles. The molecule has 3 rings (SSSR count). The first-order valence-corrected chi connectivity index (χ1v) is 10.6. The molecule has 0 aromatic heterocycles. The number of nitrogens with one attached hydrogen (secondary N) is 1. The fourth-order valence-electron chi connectivity index (χ4n) is 2.86. The Labute approximate surface area is 188 Å². The molecular weight excluding hydrogens is 472 g/mol. The molecule has 8 heteroatoms. The van der Waals surface area contributed by atoms with Crippen molar-refractivity contribution < 1.29 is 19.1 Å². The van der Waals surface area contributed by atoms with Gasteiger partial charge in [0.15, 0.2) is 0 Å². The molecule has 1 aliphatic heterocycles. The summed E-state index contributed by atoms with van der Waals surface area (Å²) in [5.74, 6) is -0.955. The summed E-state index contributed by atoms with van der Waals surface area (Å²) >= 11 is 9.55. The molecule has 156 valence electrons. The number of aryl methyl sites for hydroxylation is 1. The van der Waals surface area contributed by atoms with Gasteiger partial charge in [0.2, 0.25) is 0 Å². The van der Waals surface area contributed by atoms with Gasteiger partial charge in [-0.1, -0.05) is 46.9 Å². The number of unbranched alkanes of at least 4 members (excludes halogenated alkanes) is 1. The SMILES string of the molecule is CCCCOc1ccc(Br)cc1C=C1C(=O)NC(=O)N(c2ccc(C)c(Cl)c2)C1=O.